The van der Waals surface area contributed by atoms with Crippen LogP contribution < -0.4 is 9.47 Å². The molecule has 0 aliphatic rings. The molecule has 0 aliphatic heterocycles. The van der Waals surface area contributed by atoms with Gasteiger partial charge in [0.15, 0.2) is 0 Å². The largest absolute Gasteiger partial charge is 0.494 e. The zero-order valence-electron chi connectivity index (χ0n) is 29.0. The second-order valence-corrected chi connectivity index (χ2v) is 13.9. The Morgan fingerprint density at radius 3 is 1.50 bits per heavy atom. The highest BCUT2D eigenvalue weighted by molar-refractivity contribution is 7.86. The monoisotopic (exact) mass is 674 g/mol. The number of esters is 1. The highest BCUT2D eigenvalue weighted by atomic mass is 32.2. The van der Waals surface area contributed by atoms with Crippen molar-refractivity contribution >= 4 is 16.1 Å². The van der Waals surface area contributed by atoms with Gasteiger partial charge in [-0.25, -0.2) is 4.79 Å². The Balaban J connectivity index is 1.37. The van der Waals surface area contributed by atoms with E-state index in [4.69, 9.17) is 13.7 Å². The maximum atomic E-state index is 12.6. The van der Waals surface area contributed by atoms with E-state index < -0.39 is 16.1 Å². The molecule has 0 saturated heterocycles. The van der Waals surface area contributed by atoms with Crippen molar-refractivity contribution in [2.24, 2.45) is 0 Å². The van der Waals surface area contributed by atoms with Crippen molar-refractivity contribution in [1.82, 2.24) is 0 Å². The van der Waals surface area contributed by atoms with E-state index >= 15 is 0 Å². The maximum absolute atomic E-state index is 12.6. The Hall–Kier alpha value is -3.60. The predicted octanol–water partition coefficient (Wildman–Crippen LogP) is 10.7. The van der Waals surface area contributed by atoms with Gasteiger partial charge in [0.1, 0.15) is 11.5 Å². The number of hydrogen-bond donors (Lipinski definition) is 0. The predicted molar refractivity (Wildman–Crippen MR) is 194 cm³/mol. The zero-order valence-corrected chi connectivity index (χ0v) is 29.8. The van der Waals surface area contributed by atoms with Gasteiger partial charge in [-0.15, -0.1) is 0 Å². The highest BCUT2D eigenvalue weighted by Gasteiger charge is 2.14. The van der Waals surface area contributed by atoms with E-state index in [0.717, 1.165) is 37.0 Å². The van der Waals surface area contributed by atoms with E-state index in [1.807, 2.05) is 0 Å². The van der Waals surface area contributed by atoms with Gasteiger partial charge in [-0.2, -0.15) is 8.42 Å². The Morgan fingerprint density at radius 1 is 0.542 bits per heavy atom. The molecule has 0 unspecified atom stereocenters. The molecule has 0 aromatic heterocycles. The summed E-state index contributed by atoms with van der Waals surface area (Å²) >= 11 is 0. The topological polar surface area (TPSA) is 78.9 Å². The summed E-state index contributed by atoms with van der Waals surface area (Å²) in [5, 5.41) is 0. The minimum atomic E-state index is -3.79. The molecular weight excluding hydrogens is 621 g/mol. The number of unbranched alkanes of at least 4 members (excludes halogenated alkanes) is 14. The average Bonchev–Trinajstić information content (AvgIpc) is 3.10. The van der Waals surface area contributed by atoms with Gasteiger partial charge in [-0.1, -0.05) is 116 Å². The maximum Gasteiger partial charge on any atom is 0.343 e. The van der Waals surface area contributed by atoms with Gasteiger partial charge in [-0.05, 0) is 85.6 Å². The lowest BCUT2D eigenvalue weighted by Gasteiger charge is -2.08. The lowest BCUT2D eigenvalue weighted by atomic mass is 10.1. The summed E-state index contributed by atoms with van der Waals surface area (Å²) in [5.41, 5.74) is 1.86. The van der Waals surface area contributed by atoms with Crippen LogP contribution in [0.5, 0.6) is 11.5 Å². The molecule has 6 nitrogen and oxygen atoms in total. The lowest BCUT2D eigenvalue weighted by molar-refractivity contribution is 0.0734. The molecule has 3 aromatic rings. The molecule has 0 spiro atoms. The number of hydrogen-bond acceptors (Lipinski definition) is 6. The van der Waals surface area contributed by atoms with Crippen LogP contribution in [0.4, 0.5) is 0 Å². The average molecular weight is 675 g/mol. The van der Waals surface area contributed by atoms with E-state index in [2.05, 4.69) is 25.7 Å². The number of benzene rings is 3. The number of ether oxygens (including phenoxy) is 2. The minimum absolute atomic E-state index is 0.125. The summed E-state index contributed by atoms with van der Waals surface area (Å²) in [5.74, 6) is 6.82. The third-order valence-electron chi connectivity index (χ3n) is 8.15. The first-order valence-corrected chi connectivity index (χ1v) is 19.4. The first-order valence-electron chi connectivity index (χ1n) is 18.0. The summed E-state index contributed by atoms with van der Waals surface area (Å²) in [6.07, 6.45) is 19.1. The molecule has 3 aromatic carbocycles. The zero-order chi connectivity index (χ0) is 34.3. The van der Waals surface area contributed by atoms with Gasteiger partial charge in [0.2, 0.25) is 0 Å². The third kappa shape index (κ3) is 15.5. The fourth-order valence-electron chi connectivity index (χ4n) is 5.21. The summed E-state index contributed by atoms with van der Waals surface area (Å²) < 4.78 is 41.7. The van der Waals surface area contributed by atoms with Gasteiger partial charge in [0, 0.05) is 11.1 Å². The smallest absolute Gasteiger partial charge is 0.343 e. The van der Waals surface area contributed by atoms with Gasteiger partial charge in [0.05, 0.1) is 23.7 Å². The molecule has 7 heteroatoms. The Labute approximate surface area is 289 Å². The SMILES string of the molecule is CCCCCCCCCCOc1ccc(C(=O)Oc2ccc(C#Cc3ccc(S(=O)(=O)OCCCCCCCCCC)cc3)cc2)cc1. The van der Waals surface area contributed by atoms with E-state index in [9.17, 15) is 13.2 Å². The van der Waals surface area contributed by atoms with Crippen molar-refractivity contribution in [2.75, 3.05) is 13.2 Å². The third-order valence-corrected chi connectivity index (χ3v) is 9.48. The molecule has 0 bridgehead atoms. The lowest BCUT2D eigenvalue weighted by Crippen LogP contribution is -2.08. The second-order valence-electron chi connectivity index (χ2n) is 12.3. The first kappa shape index (κ1) is 38.8. The Bertz CT molecular complexity index is 1480. The van der Waals surface area contributed by atoms with Crippen LogP contribution in [0, 0.1) is 11.8 Å². The summed E-state index contributed by atoms with van der Waals surface area (Å²) in [6.45, 7) is 5.32. The van der Waals surface area contributed by atoms with Crippen molar-refractivity contribution in [3.05, 3.63) is 89.5 Å². The number of rotatable bonds is 23. The number of carbonyl (C=O) groups is 1. The Kier molecular flexibility index (Phi) is 18.5. The molecule has 0 amide bonds. The molecular formula is C41H54O6S. The van der Waals surface area contributed by atoms with Crippen molar-refractivity contribution in [2.45, 2.75) is 121 Å². The van der Waals surface area contributed by atoms with Crippen molar-refractivity contribution in [3.8, 4) is 23.3 Å². The van der Waals surface area contributed by atoms with E-state index in [-0.39, 0.29) is 11.5 Å². The van der Waals surface area contributed by atoms with Crippen LogP contribution in [0.25, 0.3) is 0 Å². The molecule has 260 valence electrons. The van der Waals surface area contributed by atoms with E-state index in [1.165, 1.54) is 89.2 Å². The summed E-state index contributed by atoms with van der Waals surface area (Å²) in [6, 6.07) is 20.3. The summed E-state index contributed by atoms with van der Waals surface area (Å²) in [7, 11) is -3.79. The van der Waals surface area contributed by atoms with Crippen LogP contribution in [0.15, 0.2) is 77.7 Å². The van der Waals surface area contributed by atoms with Crippen LogP contribution in [0.1, 0.15) is 138 Å². The molecule has 0 N–H and O–H groups in total. The fraction of sp³-hybridized carbons (Fsp3) is 0.488. The quantitative estimate of drug-likeness (QED) is 0.0327. The van der Waals surface area contributed by atoms with Gasteiger partial charge in [-0.3, -0.25) is 4.18 Å². The minimum Gasteiger partial charge on any atom is -0.494 e. The molecule has 3 rings (SSSR count). The van der Waals surface area contributed by atoms with E-state index in [1.54, 1.807) is 60.7 Å². The van der Waals surface area contributed by atoms with Crippen LogP contribution in [-0.4, -0.2) is 27.6 Å². The fourth-order valence-corrected chi connectivity index (χ4v) is 6.15. The van der Waals surface area contributed by atoms with Crippen LogP contribution >= 0.6 is 0 Å². The van der Waals surface area contributed by atoms with Gasteiger partial charge in [0.25, 0.3) is 10.1 Å². The molecule has 0 atom stereocenters. The standard InChI is InChI=1S/C41H54O6S/c1-3-5-7-9-11-13-15-17-33-45-38-29-25-37(26-30-38)41(42)47-39-27-21-35(22-28-39)19-20-36-23-31-40(32-24-36)48(43,44)46-34-18-16-14-12-10-8-6-4-2/h21-32H,3-18,33-34H2,1-2H3. The van der Waals surface area contributed by atoms with Crippen molar-refractivity contribution in [1.29, 1.82) is 0 Å². The van der Waals surface area contributed by atoms with E-state index in [0.29, 0.717) is 23.5 Å². The van der Waals surface area contributed by atoms with Crippen molar-refractivity contribution < 1.29 is 26.9 Å². The highest BCUT2D eigenvalue weighted by Crippen LogP contribution is 2.19. The van der Waals surface area contributed by atoms with Crippen LogP contribution in [-0.2, 0) is 14.3 Å². The van der Waals surface area contributed by atoms with Crippen LogP contribution in [0.3, 0.4) is 0 Å². The molecule has 0 saturated carbocycles. The van der Waals surface area contributed by atoms with Gasteiger partial charge < -0.3 is 9.47 Å². The van der Waals surface area contributed by atoms with Gasteiger partial charge >= 0.3 is 5.97 Å². The van der Waals surface area contributed by atoms with Crippen molar-refractivity contribution in [3.63, 3.8) is 0 Å². The Morgan fingerprint density at radius 2 is 0.979 bits per heavy atom. The van der Waals surface area contributed by atoms with Crippen LogP contribution in [0.2, 0.25) is 0 Å². The molecule has 0 heterocycles. The molecule has 0 radical (unpaired) electrons. The summed E-state index contributed by atoms with van der Waals surface area (Å²) in [4.78, 5) is 12.8. The second kappa shape index (κ2) is 22.9. The molecule has 0 fully saturated rings. The normalized spacial score (nSPS) is 11.1. The molecule has 0 aliphatic carbocycles. The first-order chi connectivity index (χ1) is 23.4. The number of carbonyl (C=O) groups excluding carboxylic acids is 1. The molecule has 48 heavy (non-hydrogen) atoms.